The fraction of sp³-hybridized carbons (Fsp3) is 0.816. The van der Waals surface area contributed by atoms with Gasteiger partial charge < -0.3 is 38.1 Å². The van der Waals surface area contributed by atoms with E-state index in [-0.39, 0.29) is 70.5 Å². The Morgan fingerprint density at radius 1 is 0.415 bits per heavy atom. The second-order valence-electron chi connectivity index (χ2n) is 13.0. The van der Waals surface area contributed by atoms with Crippen LogP contribution in [0.5, 0.6) is 0 Å². The zero-order valence-corrected chi connectivity index (χ0v) is 32.8. The van der Waals surface area contributed by atoms with Gasteiger partial charge in [-0.15, -0.1) is 0 Å². The van der Waals surface area contributed by atoms with Crippen LogP contribution in [0.1, 0.15) is 136 Å². The van der Waals surface area contributed by atoms with Crippen molar-refractivity contribution in [3.8, 4) is 0 Å². The summed E-state index contributed by atoms with van der Waals surface area (Å²) in [6.07, 6.45) is 6.17. The molecule has 0 saturated carbocycles. The van der Waals surface area contributed by atoms with Crippen LogP contribution in [0.15, 0.2) is 0 Å². The van der Waals surface area contributed by atoms with E-state index in [1.807, 2.05) is 20.8 Å². The largest absolute Gasteiger partial charge is 0.466 e. The van der Waals surface area contributed by atoms with Crippen molar-refractivity contribution in [3.63, 3.8) is 0 Å². The molecule has 0 aromatic heterocycles. The lowest BCUT2D eigenvalue weighted by atomic mass is 9.94. The molecule has 0 aromatic rings. The Hall–Kier alpha value is -3.75. The summed E-state index contributed by atoms with van der Waals surface area (Å²) in [6.45, 7) is 6.54. The SMILES string of the molecule is CCCC(=O)OCCCCCOC(=O)CC(CC(=O)OCCCCCOC(=O)CCC)(OC(=O)CCN(C)C)C(=O)OCCCCCOC(=O)CCC. The second kappa shape index (κ2) is 31.7. The predicted octanol–water partition coefficient (Wildman–Crippen LogP) is 5.17. The zero-order chi connectivity index (χ0) is 39.7. The van der Waals surface area contributed by atoms with E-state index in [0.717, 1.165) is 0 Å². The van der Waals surface area contributed by atoms with Gasteiger partial charge in [0, 0.05) is 25.8 Å². The Morgan fingerprint density at radius 2 is 0.736 bits per heavy atom. The Balaban J connectivity index is 5.54. The van der Waals surface area contributed by atoms with E-state index >= 15 is 0 Å². The van der Waals surface area contributed by atoms with E-state index in [2.05, 4.69) is 0 Å². The van der Waals surface area contributed by atoms with Crippen LogP contribution in [-0.4, -0.2) is 113 Å². The number of carbonyl (C=O) groups is 7. The quantitative estimate of drug-likeness (QED) is 0.0484. The van der Waals surface area contributed by atoms with Crippen LogP contribution < -0.4 is 0 Å². The van der Waals surface area contributed by atoms with Crippen molar-refractivity contribution in [2.45, 2.75) is 142 Å². The lowest BCUT2D eigenvalue weighted by Gasteiger charge is -2.30. The van der Waals surface area contributed by atoms with Crippen LogP contribution >= 0.6 is 0 Å². The molecule has 53 heavy (non-hydrogen) atoms. The molecule has 0 radical (unpaired) electrons. The Bertz CT molecular complexity index is 1030. The Morgan fingerprint density at radius 3 is 1.06 bits per heavy atom. The van der Waals surface area contributed by atoms with Gasteiger partial charge in [0.05, 0.1) is 58.9 Å². The summed E-state index contributed by atoms with van der Waals surface area (Å²) in [5.74, 6) is -4.47. The Labute approximate surface area is 315 Å². The van der Waals surface area contributed by atoms with Crippen molar-refractivity contribution in [1.82, 2.24) is 4.90 Å². The molecule has 0 fully saturated rings. The number of hydrogen-bond acceptors (Lipinski definition) is 15. The van der Waals surface area contributed by atoms with E-state index in [9.17, 15) is 33.6 Å². The van der Waals surface area contributed by atoms with Crippen LogP contribution in [0, 0.1) is 0 Å². The maximum absolute atomic E-state index is 13.7. The molecule has 0 heterocycles. The summed E-state index contributed by atoms with van der Waals surface area (Å²) in [4.78, 5) is 89.3. The highest BCUT2D eigenvalue weighted by atomic mass is 16.6. The van der Waals surface area contributed by atoms with Crippen molar-refractivity contribution in [2.24, 2.45) is 0 Å². The minimum Gasteiger partial charge on any atom is -0.466 e. The third-order valence-electron chi connectivity index (χ3n) is 7.58. The normalized spacial score (nSPS) is 11.1. The maximum atomic E-state index is 13.7. The first-order chi connectivity index (χ1) is 25.4. The fourth-order valence-corrected chi connectivity index (χ4v) is 4.67. The van der Waals surface area contributed by atoms with Gasteiger partial charge in [-0.1, -0.05) is 20.8 Å². The van der Waals surface area contributed by atoms with Crippen LogP contribution in [0.25, 0.3) is 0 Å². The maximum Gasteiger partial charge on any atom is 0.351 e. The molecule has 0 atom stereocenters. The third kappa shape index (κ3) is 27.5. The highest BCUT2D eigenvalue weighted by molar-refractivity contribution is 5.92. The molecular formula is C38H65NO14. The highest BCUT2D eigenvalue weighted by Crippen LogP contribution is 2.27. The first-order valence-corrected chi connectivity index (χ1v) is 19.2. The van der Waals surface area contributed by atoms with Gasteiger partial charge in [0.2, 0.25) is 5.60 Å². The van der Waals surface area contributed by atoms with Gasteiger partial charge >= 0.3 is 41.8 Å². The van der Waals surface area contributed by atoms with Gasteiger partial charge in [-0.2, -0.15) is 0 Å². The van der Waals surface area contributed by atoms with Gasteiger partial charge in [-0.05, 0) is 91.1 Å². The number of ether oxygens (including phenoxy) is 7. The van der Waals surface area contributed by atoms with Crippen molar-refractivity contribution in [3.05, 3.63) is 0 Å². The minimum absolute atomic E-state index is 0.0114. The molecule has 306 valence electrons. The lowest BCUT2D eigenvalue weighted by molar-refractivity contribution is -0.191. The first kappa shape index (κ1) is 49.2. The van der Waals surface area contributed by atoms with Crippen LogP contribution in [0.3, 0.4) is 0 Å². The van der Waals surface area contributed by atoms with Crippen molar-refractivity contribution >= 4 is 41.8 Å². The van der Waals surface area contributed by atoms with E-state index in [0.29, 0.717) is 96.3 Å². The van der Waals surface area contributed by atoms with Gasteiger partial charge in [-0.25, -0.2) is 4.79 Å². The molecule has 0 rings (SSSR count). The smallest absolute Gasteiger partial charge is 0.351 e. The molecular weight excluding hydrogens is 694 g/mol. The summed E-state index contributed by atoms with van der Waals surface area (Å²) >= 11 is 0. The average molecular weight is 760 g/mol. The standard InChI is InChI=1S/C38H65NO14/c1-6-18-31(40)47-23-12-9-15-26-50-35(44)29-38(53-34(43)21-22-39(4)5,37(46)52-28-17-11-14-25-49-33(42)20-8-3)30-36(45)51-27-16-10-13-24-48-32(41)19-7-2/h6-30H2,1-5H3. The first-order valence-electron chi connectivity index (χ1n) is 19.2. The van der Waals surface area contributed by atoms with Crippen LogP contribution in [0.4, 0.5) is 0 Å². The van der Waals surface area contributed by atoms with Gasteiger partial charge in [-0.3, -0.25) is 28.8 Å². The Kier molecular flexibility index (Phi) is 29.5. The molecule has 0 aromatic carbocycles. The number of unbranched alkanes of at least 4 members (excludes halogenated alkanes) is 6. The van der Waals surface area contributed by atoms with Crippen LogP contribution in [0.2, 0.25) is 0 Å². The third-order valence-corrected chi connectivity index (χ3v) is 7.58. The molecule has 0 amide bonds. The molecule has 0 bridgehead atoms. The van der Waals surface area contributed by atoms with Crippen molar-refractivity contribution in [2.75, 3.05) is 60.3 Å². The topological polar surface area (TPSA) is 187 Å². The molecule has 0 spiro atoms. The summed E-state index contributed by atoms with van der Waals surface area (Å²) in [5, 5.41) is 0. The lowest BCUT2D eigenvalue weighted by Crippen LogP contribution is -2.49. The van der Waals surface area contributed by atoms with E-state index in [4.69, 9.17) is 33.2 Å². The monoisotopic (exact) mass is 759 g/mol. The van der Waals surface area contributed by atoms with Gasteiger partial charge in [0.1, 0.15) is 0 Å². The van der Waals surface area contributed by atoms with Crippen LogP contribution in [-0.2, 0) is 66.7 Å². The highest BCUT2D eigenvalue weighted by Gasteiger charge is 2.49. The number of carbonyl (C=O) groups excluding carboxylic acids is 7. The summed E-state index contributed by atoms with van der Waals surface area (Å²) < 4.78 is 37.3. The number of esters is 7. The minimum atomic E-state index is -2.34. The average Bonchev–Trinajstić information content (AvgIpc) is 3.09. The molecule has 0 unspecified atom stereocenters. The van der Waals surface area contributed by atoms with E-state index < -0.39 is 42.3 Å². The number of hydrogen-bond donors (Lipinski definition) is 0. The molecule has 15 nitrogen and oxygen atoms in total. The van der Waals surface area contributed by atoms with Crippen molar-refractivity contribution in [1.29, 1.82) is 0 Å². The second-order valence-corrected chi connectivity index (χ2v) is 13.0. The van der Waals surface area contributed by atoms with Gasteiger partial charge in [0.15, 0.2) is 0 Å². The summed E-state index contributed by atoms with van der Waals surface area (Å²) in [5.41, 5.74) is -2.34. The van der Waals surface area contributed by atoms with E-state index in [1.54, 1.807) is 19.0 Å². The molecule has 0 aliphatic rings. The molecule has 0 aliphatic heterocycles. The molecule has 0 aliphatic carbocycles. The predicted molar refractivity (Wildman–Crippen MR) is 193 cm³/mol. The summed E-state index contributed by atoms with van der Waals surface area (Å²) in [6, 6.07) is 0. The van der Waals surface area contributed by atoms with E-state index in [1.165, 1.54) is 0 Å². The number of rotatable bonds is 33. The molecule has 0 saturated heterocycles. The summed E-state index contributed by atoms with van der Waals surface area (Å²) in [7, 11) is 3.50. The number of nitrogens with zero attached hydrogens (tertiary/aromatic N) is 1. The zero-order valence-electron chi connectivity index (χ0n) is 32.8. The molecule has 15 heteroatoms. The van der Waals surface area contributed by atoms with Gasteiger partial charge in [0.25, 0.3) is 0 Å². The fourth-order valence-electron chi connectivity index (χ4n) is 4.67. The molecule has 0 N–H and O–H groups in total. The van der Waals surface area contributed by atoms with Crippen molar-refractivity contribution < 1.29 is 66.7 Å².